The Balaban J connectivity index is 2.66. The minimum Gasteiger partial charge on any atom is -0.454 e. The zero-order chi connectivity index (χ0) is 12.0. The third-order valence-electron chi connectivity index (χ3n) is 1.71. The third kappa shape index (κ3) is 3.24. The van der Waals surface area contributed by atoms with Crippen molar-refractivity contribution in [3.63, 3.8) is 0 Å². The number of hydrogen-bond acceptors (Lipinski definition) is 4. The van der Waals surface area contributed by atoms with Crippen LogP contribution < -0.4 is 4.74 Å². The van der Waals surface area contributed by atoms with Crippen molar-refractivity contribution >= 4 is 5.97 Å². The molecule has 0 fully saturated rings. The van der Waals surface area contributed by atoms with E-state index in [1.807, 2.05) is 6.07 Å². The molecule has 0 aliphatic rings. The summed E-state index contributed by atoms with van der Waals surface area (Å²) < 4.78 is 21.6. The molecule has 1 rings (SSSR count). The van der Waals surface area contributed by atoms with Crippen LogP contribution in [0.4, 0.5) is 4.39 Å². The Morgan fingerprint density at radius 2 is 2.25 bits per heavy atom. The predicted molar refractivity (Wildman–Crippen MR) is 53.3 cm³/mol. The maximum absolute atomic E-state index is 11.8. The molecule has 0 amide bonds. The van der Waals surface area contributed by atoms with Gasteiger partial charge in [0.05, 0.1) is 5.56 Å². The van der Waals surface area contributed by atoms with Gasteiger partial charge in [0.25, 0.3) is 0 Å². The van der Waals surface area contributed by atoms with Crippen LogP contribution in [0.3, 0.4) is 0 Å². The number of esters is 1. The Morgan fingerprint density at radius 1 is 1.56 bits per heavy atom. The summed E-state index contributed by atoms with van der Waals surface area (Å²) in [5.41, 5.74) is 0.325. The Hall–Kier alpha value is -2.09. The van der Waals surface area contributed by atoms with Crippen molar-refractivity contribution in [1.29, 1.82) is 5.26 Å². The summed E-state index contributed by atoms with van der Waals surface area (Å²) in [6, 6.07) is 8.43. The van der Waals surface area contributed by atoms with Crippen LogP contribution in [0, 0.1) is 11.3 Å². The average molecular weight is 223 g/mol. The average Bonchev–Trinajstić information content (AvgIpc) is 2.29. The number of carbonyl (C=O) groups excluding carboxylic acids is 1. The quantitative estimate of drug-likeness (QED) is 0.576. The molecule has 84 valence electrons. The fraction of sp³-hybridized carbons (Fsp3) is 0.273. The summed E-state index contributed by atoms with van der Waals surface area (Å²) in [5.74, 6) is -0.703. The standard InChI is InChI=1S/C11H10FNO3/c1-8(16-11(14)6-12)15-10-5-3-2-4-9(10)7-13/h2-5,8H,6H2,1H3. The molecule has 16 heavy (non-hydrogen) atoms. The van der Waals surface area contributed by atoms with E-state index in [0.717, 1.165) is 0 Å². The van der Waals surface area contributed by atoms with Gasteiger partial charge in [0.1, 0.15) is 11.8 Å². The number of halogens is 1. The molecule has 0 bridgehead atoms. The van der Waals surface area contributed by atoms with E-state index in [1.54, 1.807) is 24.3 Å². The number of rotatable bonds is 4. The molecule has 0 aliphatic heterocycles. The van der Waals surface area contributed by atoms with Crippen LogP contribution >= 0.6 is 0 Å². The highest BCUT2D eigenvalue weighted by Crippen LogP contribution is 2.18. The molecule has 0 radical (unpaired) electrons. The molecular weight excluding hydrogens is 213 g/mol. The number of para-hydroxylation sites is 1. The molecule has 1 aromatic carbocycles. The van der Waals surface area contributed by atoms with Gasteiger partial charge in [0.2, 0.25) is 6.29 Å². The van der Waals surface area contributed by atoms with Gasteiger partial charge >= 0.3 is 5.97 Å². The number of alkyl halides is 1. The van der Waals surface area contributed by atoms with Gasteiger partial charge in [-0.05, 0) is 12.1 Å². The summed E-state index contributed by atoms with van der Waals surface area (Å²) in [7, 11) is 0. The van der Waals surface area contributed by atoms with Gasteiger partial charge < -0.3 is 9.47 Å². The van der Waals surface area contributed by atoms with E-state index in [9.17, 15) is 9.18 Å². The second-order valence-corrected chi connectivity index (χ2v) is 2.92. The predicted octanol–water partition coefficient (Wildman–Crippen LogP) is 1.80. The van der Waals surface area contributed by atoms with Gasteiger partial charge in [-0.2, -0.15) is 5.26 Å². The van der Waals surface area contributed by atoms with E-state index < -0.39 is 18.9 Å². The van der Waals surface area contributed by atoms with Gasteiger partial charge in [-0.3, -0.25) is 0 Å². The van der Waals surface area contributed by atoms with Gasteiger partial charge in [-0.25, -0.2) is 9.18 Å². The number of benzene rings is 1. The van der Waals surface area contributed by atoms with Crippen molar-refractivity contribution < 1.29 is 18.7 Å². The van der Waals surface area contributed by atoms with Crippen molar-refractivity contribution in [2.24, 2.45) is 0 Å². The molecule has 1 aromatic rings. The molecule has 0 spiro atoms. The first-order valence-electron chi connectivity index (χ1n) is 4.58. The fourth-order valence-corrected chi connectivity index (χ4v) is 1.08. The van der Waals surface area contributed by atoms with Crippen molar-refractivity contribution in [1.82, 2.24) is 0 Å². The van der Waals surface area contributed by atoms with E-state index in [2.05, 4.69) is 4.74 Å². The first kappa shape index (κ1) is 12.0. The molecule has 4 nitrogen and oxygen atoms in total. The van der Waals surface area contributed by atoms with Crippen LogP contribution in [0.2, 0.25) is 0 Å². The highest BCUT2D eigenvalue weighted by atomic mass is 19.1. The van der Waals surface area contributed by atoms with E-state index in [-0.39, 0.29) is 0 Å². The van der Waals surface area contributed by atoms with Crippen LogP contribution in [0.25, 0.3) is 0 Å². The third-order valence-corrected chi connectivity index (χ3v) is 1.71. The Kier molecular flexibility index (Phi) is 4.28. The van der Waals surface area contributed by atoms with Gasteiger partial charge in [-0.15, -0.1) is 0 Å². The monoisotopic (exact) mass is 223 g/mol. The molecule has 0 aromatic heterocycles. The summed E-state index contributed by atoms with van der Waals surface area (Å²) in [6.07, 6.45) is -0.933. The van der Waals surface area contributed by atoms with Crippen LogP contribution in [0.15, 0.2) is 24.3 Å². The number of nitrogens with zero attached hydrogens (tertiary/aromatic N) is 1. The zero-order valence-corrected chi connectivity index (χ0v) is 8.64. The lowest BCUT2D eigenvalue weighted by atomic mass is 10.2. The van der Waals surface area contributed by atoms with Crippen molar-refractivity contribution in [2.45, 2.75) is 13.2 Å². The molecular formula is C11H10FNO3. The second kappa shape index (κ2) is 5.71. The molecule has 1 atom stereocenters. The minimum atomic E-state index is -1.20. The largest absolute Gasteiger partial charge is 0.454 e. The first-order valence-corrected chi connectivity index (χ1v) is 4.58. The molecule has 0 aliphatic carbocycles. The highest BCUT2D eigenvalue weighted by molar-refractivity contribution is 5.70. The van der Waals surface area contributed by atoms with E-state index in [4.69, 9.17) is 10.00 Å². The van der Waals surface area contributed by atoms with Crippen molar-refractivity contribution in [3.05, 3.63) is 29.8 Å². The summed E-state index contributed by atoms with van der Waals surface area (Å²) in [4.78, 5) is 10.6. The number of carbonyl (C=O) groups is 1. The first-order chi connectivity index (χ1) is 7.67. The Labute approximate surface area is 92.2 Å². The summed E-state index contributed by atoms with van der Waals surface area (Å²) in [5, 5.41) is 8.76. The number of nitriles is 1. The lowest BCUT2D eigenvalue weighted by Gasteiger charge is -2.15. The number of hydrogen-bond donors (Lipinski definition) is 0. The molecule has 0 N–H and O–H groups in total. The maximum Gasteiger partial charge on any atom is 0.340 e. The van der Waals surface area contributed by atoms with Gasteiger partial charge in [0.15, 0.2) is 6.67 Å². The van der Waals surface area contributed by atoms with E-state index in [0.29, 0.717) is 11.3 Å². The van der Waals surface area contributed by atoms with Crippen LogP contribution in [-0.4, -0.2) is 18.9 Å². The smallest absolute Gasteiger partial charge is 0.340 e. The van der Waals surface area contributed by atoms with Crippen LogP contribution in [0.5, 0.6) is 5.75 Å². The fourth-order valence-electron chi connectivity index (χ4n) is 1.08. The van der Waals surface area contributed by atoms with Crippen LogP contribution in [0.1, 0.15) is 12.5 Å². The van der Waals surface area contributed by atoms with E-state index >= 15 is 0 Å². The second-order valence-electron chi connectivity index (χ2n) is 2.92. The lowest BCUT2D eigenvalue weighted by Crippen LogP contribution is -2.22. The minimum absolute atomic E-state index is 0.296. The van der Waals surface area contributed by atoms with Crippen LogP contribution in [-0.2, 0) is 9.53 Å². The maximum atomic E-state index is 11.8. The van der Waals surface area contributed by atoms with Gasteiger partial charge in [-0.1, -0.05) is 12.1 Å². The Morgan fingerprint density at radius 3 is 2.88 bits per heavy atom. The zero-order valence-electron chi connectivity index (χ0n) is 8.64. The highest BCUT2D eigenvalue weighted by Gasteiger charge is 2.11. The Bertz CT molecular complexity index is 414. The molecule has 0 heterocycles. The SMILES string of the molecule is CC(OC(=O)CF)Oc1ccccc1C#N. The van der Waals surface area contributed by atoms with Crippen molar-refractivity contribution in [3.8, 4) is 11.8 Å². The van der Waals surface area contributed by atoms with E-state index in [1.165, 1.54) is 6.92 Å². The molecule has 1 unspecified atom stereocenters. The molecule has 0 saturated carbocycles. The normalized spacial score (nSPS) is 11.3. The topological polar surface area (TPSA) is 59.3 Å². The van der Waals surface area contributed by atoms with Crippen molar-refractivity contribution in [2.75, 3.05) is 6.67 Å². The van der Waals surface area contributed by atoms with Gasteiger partial charge in [0, 0.05) is 6.92 Å². The summed E-state index contributed by atoms with van der Waals surface area (Å²) >= 11 is 0. The number of ether oxygens (including phenoxy) is 2. The lowest BCUT2D eigenvalue weighted by molar-refractivity contribution is -0.162. The molecule has 5 heteroatoms. The summed E-state index contributed by atoms with van der Waals surface area (Å²) in [6.45, 7) is 0.245. The molecule has 0 saturated heterocycles.